The van der Waals surface area contributed by atoms with Gasteiger partial charge in [0.15, 0.2) is 5.76 Å². The summed E-state index contributed by atoms with van der Waals surface area (Å²) in [7, 11) is 1.17. The van der Waals surface area contributed by atoms with Gasteiger partial charge in [-0.3, -0.25) is 4.79 Å². The number of anilines is 1. The van der Waals surface area contributed by atoms with E-state index in [0.29, 0.717) is 0 Å². The average molecular weight is 263 g/mol. The fourth-order valence-electron chi connectivity index (χ4n) is 1.50. The summed E-state index contributed by atoms with van der Waals surface area (Å²) in [6.07, 6.45) is 1.35. The van der Waals surface area contributed by atoms with Crippen molar-refractivity contribution >= 4 is 17.6 Å². The van der Waals surface area contributed by atoms with Crippen LogP contribution in [0.4, 0.5) is 10.1 Å². The second-order valence-corrected chi connectivity index (χ2v) is 3.61. The molecule has 0 atom stereocenters. The highest BCUT2D eigenvalue weighted by atomic mass is 19.1. The summed E-state index contributed by atoms with van der Waals surface area (Å²) in [5.41, 5.74) is 0.0806. The third-order valence-corrected chi connectivity index (χ3v) is 2.38. The molecule has 0 aliphatic rings. The number of rotatable bonds is 3. The van der Waals surface area contributed by atoms with Gasteiger partial charge >= 0.3 is 5.97 Å². The Kier molecular flexibility index (Phi) is 3.61. The molecule has 0 aliphatic carbocycles. The Balaban J connectivity index is 2.29. The number of esters is 1. The molecule has 0 bridgehead atoms. The summed E-state index contributed by atoms with van der Waals surface area (Å²) < 4.78 is 22.6. The molecule has 0 spiro atoms. The summed E-state index contributed by atoms with van der Waals surface area (Å²) >= 11 is 0. The Morgan fingerprint density at radius 3 is 2.74 bits per heavy atom. The number of amides is 1. The molecule has 1 aromatic heterocycles. The monoisotopic (exact) mass is 263 g/mol. The third-order valence-electron chi connectivity index (χ3n) is 2.38. The van der Waals surface area contributed by atoms with Crippen LogP contribution in [0.3, 0.4) is 0 Å². The van der Waals surface area contributed by atoms with Crippen LogP contribution in [0.5, 0.6) is 0 Å². The second-order valence-electron chi connectivity index (χ2n) is 3.61. The summed E-state index contributed by atoms with van der Waals surface area (Å²) in [5.74, 6) is -1.80. The SMILES string of the molecule is COC(=O)c1cc(F)ccc1NC(=O)c1ccco1. The van der Waals surface area contributed by atoms with Crippen LogP contribution >= 0.6 is 0 Å². The van der Waals surface area contributed by atoms with Crippen molar-refractivity contribution in [3.05, 3.63) is 53.7 Å². The van der Waals surface area contributed by atoms with Gasteiger partial charge in [0.05, 0.1) is 24.6 Å². The van der Waals surface area contributed by atoms with Crippen LogP contribution in [0.15, 0.2) is 41.0 Å². The van der Waals surface area contributed by atoms with Gasteiger partial charge in [0.1, 0.15) is 5.82 Å². The molecule has 19 heavy (non-hydrogen) atoms. The molecule has 1 amide bonds. The van der Waals surface area contributed by atoms with E-state index in [1.807, 2.05) is 0 Å². The van der Waals surface area contributed by atoms with E-state index >= 15 is 0 Å². The second kappa shape index (κ2) is 5.34. The molecular weight excluding hydrogens is 253 g/mol. The van der Waals surface area contributed by atoms with Crippen LogP contribution in [-0.4, -0.2) is 19.0 Å². The Morgan fingerprint density at radius 1 is 1.32 bits per heavy atom. The molecule has 0 unspecified atom stereocenters. The van der Waals surface area contributed by atoms with Crippen LogP contribution in [0.2, 0.25) is 0 Å². The number of carbonyl (C=O) groups is 2. The number of hydrogen-bond acceptors (Lipinski definition) is 4. The first kappa shape index (κ1) is 12.8. The minimum Gasteiger partial charge on any atom is -0.465 e. The van der Waals surface area contributed by atoms with Crippen molar-refractivity contribution in [2.45, 2.75) is 0 Å². The van der Waals surface area contributed by atoms with E-state index in [2.05, 4.69) is 10.1 Å². The quantitative estimate of drug-likeness (QED) is 0.863. The van der Waals surface area contributed by atoms with Crippen LogP contribution < -0.4 is 5.32 Å². The maximum atomic E-state index is 13.1. The lowest BCUT2D eigenvalue weighted by Crippen LogP contribution is -2.15. The Bertz CT molecular complexity index is 607. The van der Waals surface area contributed by atoms with Crippen molar-refractivity contribution in [3.63, 3.8) is 0 Å². The molecule has 0 radical (unpaired) electrons. The summed E-state index contributed by atoms with van der Waals surface area (Å²) in [5, 5.41) is 2.46. The lowest BCUT2D eigenvalue weighted by molar-refractivity contribution is 0.0601. The molecule has 2 aromatic rings. The van der Waals surface area contributed by atoms with Crippen molar-refractivity contribution in [2.24, 2.45) is 0 Å². The molecule has 98 valence electrons. The summed E-state index contributed by atoms with van der Waals surface area (Å²) in [4.78, 5) is 23.3. The molecule has 5 nitrogen and oxygen atoms in total. The number of nitrogens with one attached hydrogen (secondary N) is 1. The first-order valence-corrected chi connectivity index (χ1v) is 5.34. The predicted molar refractivity (Wildman–Crippen MR) is 64.4 cm³/mol. The van der Waals surface area contributed by atoms with Gasteiger partial charge in [-0.1, -0.05) is 0 Å². The summed E-state index contributed by atoms with van der Waals surface area (Å²) in [6, 6.07) is 6.42. The standard InChI is InChI=1S/C13H10FNO4/c1-18-13(17)9-7-8(14)4-5-10(9)15-12(16)11-3-2-6-19-11/h2-7H,1H3,(H,15,16). The van der Waals surface area contributed by atoms with E-state index in [4.69, 9.17) is 4.42 Å². The van der Waals surface area contributed by atoms with Gasteiger partial charge in [-0.25, -0.2) is 9.18 Å². The van der Waals surface area contributed by atoms with Crippen molar-refractivity contribution in [3.8, 4) is 0 Å². The van der Waals surface area contributed by atoms with Crippen LogP contribution in [0.25, 0.3) is 0 Å². The molecule has 0 saturated heterocycles. The van der Waals surface area contributed by atoms with Gasteiger partial charge in [-0.05, 0) is 30.3 Å². The Hall–Kier alpha value is -2.63. The first-order valence-electron chi connectivity index (χ1n) is 5.34. The number of carbonyl (C=O) groups excluding carboxylic acids is 2. The topological polar surface area (TPSA) is 68.5 Å². The van der Waals surface area contributed by atoms with Gasteiger partial charge in [0, 0.05) is 0 Å². The predicted octanol–water partition coefficient (Wildman–Crippen LogP) is 2.46. The fourth-order valence-corrected chi connectivity index (χ4v) is 1.50. The zero-order chi connectivity index (χ0) is 13.8. The fraction of sp³-hybridized carbons (Fsp3) is 0.0769. The number of ether oxygens (including phenoxy) is 1. The number of methoxy groups -OCH3 is 1. The van der Waals surface area contributed by atoms with E-state index in [-0.39, 0.29) is 17.0 Å². The Labute approximate surface area is 108 Å². The largest absolute Gasteiger partial charge is 0.465 e. The molecule has 1 aromatic carbocycles. The number of halogens is 1. The number of hydrogen-bond donors (Lipinski definition) is 1. The van der Waals surface area contributed by atoms with Crippen molar-refractivity contribution in [1.82, 2.24) is 0 Å². The van der Waals surface area contributed by atoms with Crippen molar-refractivity contribution in [1.29, 1.82) is 0 Å². The molecule has 1 heterocycles. The van der Waals surface area contributed by atoms with Gasteiger partial charge in [-0.2, -0.15) is 0 Å². The van der Waals surface area contributed by atoms with E-state index < -0.39 is 17.7 Å². The van der Waals surface area contributed by atoms with E-state index in [1.54, 1.807) is 6.07 Å². The number of furan rings is 1. The lowest BCUT2D eigenvalue weighted by Gasteiger charge is -2.08. The highest BCUT2D eigenvalue weighted by Crippen LogP contribution is 2.19. The highest BCUT2D eigenvalue weighted by Gasteiger charge is 2.16. The van der Waals surface area contributed by atoms with Crippen molar-refractivity contribution < 1.29 is 23.1 Å². The van der Waals surface area contributed by atoms with E-state index in [1.165, 1.54) is 25.5 Å². The minimum absolute atomic E-state index is 0.0672. The third kappa shape index (κ3) is 2.79. The average Bonchev–Trinajstić information content (AvgIpc) is 2.94. The molecular formula is C13H10FNO4. The van der Waals surface area contributed by atoms with Gasteiger partial charge in [0.25, 0.3) is 5.91 Å². The zero-order valence-electron chi connectivity index (χ0n) is 9.98. The van der Waals surface area contributed by atoms with Gasteiger partial charge < -0.3 is 14.5 Å². The first-order chi connectivity index (χ1) is 9.11. The normalized spacial score (nSPS) is 10.0. The minimum atomic E-state index is -0.741. The van der Waals surface area contributed by atoms with Gasteiger partial charge in [-0.15, -0.1) is 0 Å². The number of benzene rings is 1. The van der Waals surface area contributed by atoms with E-state index in [9.17, 15) is 14.0 Å². The molecule has 6 heteroatoms. The molecule has 0 aliphatic heterocycles. The smallest absolute Gasteiger partial charge is 0.340 e. The maximum absolute atomic E-state index is 13.1. The maximum Gasteiger partial charge on any atom is 0.340 e. The van der Waals surface area contributed by atoms with Crippen molar-refractivity contribution in [2.75, 3.05) is 12.4 Å². The molecule has 2 rings (SSSR count). The van der Waals surface area contributed by atoms with Crippen LogP contribution in [-0.2, 0) is 4.74 Å². The Morgan fingerprint density at radius 2 is 2.11 bits per heavy atom. The zero-order valence-corrected chi connectivity index (χ0v) is 9.98. The molecule has 0 fully saturated rings. The molecule has 1 N–H and O–H groups in total. The van der Waals surface area contributed by atoms with E-state index in [0.717, 1.165) is 12.1 Å². The molecule has 0 saturated carbocycles. The van der Waals surface area contributed by atoms with Crippen LogP contribution in [0.1, 0.15) is 20.9 Å². The lowest BCUT2D eigenvalue weighted by atomic mass is 10.1. The summed E-state index contributed by atoms with van der Waals surface area (Å²) in [6.45, 7) is 0. The van der Waals surface area contributed by atoms with Gasteiger partial charge in [0.2, 0.25) is 0 Å². The highest BCUT2D eigenvalue weighted by molar-refractivity contribution is 6.06. The van der Waals surface area contributed by atoms with Crippen LogP contribution in [0, 0.1) is 5.82 Å².